The van der Waals surface area contributed by atoms with Gasteiger partial charge < -0.3 is 10.6 Å². The number of anilines is 1. The van der Waals surface area contributed by atoms with E-state index in [2.05, 4.69) is 41.8 Å². The highest BCUT2D eigenvalue weighted by molar-refractivity contribution is 9.11. The summed E-state index contributed by atoms with van der Waals surface area (Å²) in [5, 5.41) is 0. The Kier molecular flexibility index (Phi) is 3.76. The van der Waals surface area contributed by atoms with Gasteiger partial charge in [-0.25, -0.2) is 0 Å². The lowest BCUT2D eigenvalue weighted by molar-refractivity contribution is 0.734. The Balaban J connectivity index is 2.01. The molecule has 2 heterocycles. The average molecular weight is 396 g/mol. The first-order valence-electron chi connectivity index (χ1n) is 6.12. The number of halogens is 2. The van der Waals surface area contributed by atoms with Crippen molar-refractivity contribution in [3.8, 4) is 0 Å². The summed E-state index contributed by atoms with van der Waals surface area (Å²) in [6, 6.07) is 12.0. The smallest absolute Gasteiger partial charge is 0.196 e. The Morgan fingerprint density at radius 3 is 2.65 bits per heavy atom. The van der Waals surface area contributed by atoms with E-state index in [0.29, 0.717) is 12.5 Å². The molecule has 0 saturated heterocycles. The zero-order chi connectivity index (χ0) is 14.1. The van der Waals surface area contributed by atoms with Gasteiger partial charge in [0.15, 0.2) is 5.96 Å². The van der Waals surface area contributed by atoms with E-state index in [9.17, 15) is 0 Å². The quantitative estimate of drug-likeness (QED) is 0.846. The fraction of sp³-hybridized carbons (Fsp3) is 0.143. The Morgan fingerprint density at radius 1 is 1.20 bits per heavy atom. The monoisotopic (exact) mass is 394 g/mol. The molecule has 6 heteroatoms. The minimum atomic E-state index is 0.0138. The standard InChI is InChI=1S/C14H12Br2N4/c15-9-6-11(16)13(18-7-9)12-8-19-14(17)20(12)10-4-2-1-3-5-10/h1-7,12H,8H2,(H2,17,19). The largest absolute Gasteiger partial charge is 0.369 e. The molecule has 0 spiro atoms. The summed E-state index contributed by atoms with van der Waals surface area (Å²) < 4.78 is 1.88. The average Bonchev–Trinajstić information content (AvgIpc) is 2.81. The Bertz CT molecular complexity index is 657. The number of benzene rings is 1. The van der Waals surface area contributed by atoms with E-state index in [-0.39, 0.29) is 6.04 Å². The fourth-order valence-corrected chi connectivity index (χ4v) is 3.53. The normalized spacial score (nSPS) is 18.2. The van der Waals surface area contributed by atoms with E-state index in [1.165, 1.54) is 0 Å². The van der Waals surface area contributed by atoms with Gasteiger partial charge in [-0.3, -0.25) is 9.98 Å². The van der Waals surface area contributed by atoms with Crippen molar-refractivity contribution >= 4 is 43.5 Å². The second-order valence-electron chi connectivity index (χ2n) is 4.44. The molecular weight excluding hydrogens is 384 g/mol. The van der Waals surface area contributed by atoms with E-state index < -0.39 is 0 Å². The lowest BCUT2D eigenvalue weighted by Crippen LogP contribution is -2.36. The van der Waals surface area contributed by atoms with Gasteiger partial charge in [0.1, 0.15) is 0 Å². The second kappa shape index (κ2) is 5.54. The summed E-state index contributed by atoms with van der Waals surface area (Å²) in [6.45, 7) is 0.605. The lowest BCUT2D eigenvalue weighted by Gasteiger charge is -2.26. The summed E-state index contributed by atoms with van der Waals surface area (Å²) in [4.78, 5) is 10.9. The van der Waals surface area contributed by atoms with Crippen molar-refractivity contribution in [3.05, 3.63) is 57.2 Å². The van der Waals surface area contributed by atoms with Crippen LogP contribution >= 0.6 is 31.9 Å². The first-order chi connectivity index (χ1) is 9.66. The maximum atomic E-state index is 6.04. The molecule has 1 unspecified atom stereocenters. The number of hydrogen-bond acceptors (Lipinski definition) is 4. The Hall–Kier alpha value is -1.40. The third-order valence-electron chi connectivity index (χ3n) is 3.17. The van der Waals surface area contributed by atoms with Crippen LogP contribution in [0.25, 0.3) is 0 Å². The molecule has 1 aliphatic rings. The first kappa shape index (κ1) is 13.6. The van der Waals surface area contributed by atoms with Crippen LogP contribution in [0, 0.1) is 0 Å². The Labute approximate surface area is 134 Å². The van der Waals surface area contributed by atoms with Crippen LogP contribution in [0.2, 0.25) is 0 Å². The van der Waals surface area contributed by atoms with E-state index in [1.807, 2.05) is 41.3 Å². The van der Waals surface area contributed by atoms with E-state index in [0.717, 1.165) is 20.3 Å². The highest BCUT2D eigenvalue weighted by atomic mass is 79.9. The van der Waals surface area contributed by atoms with Gasteiger partial charge in [0, 0.05) is 20.8 Å². The SMILES string of the molecule is NC1=NCC(c2ncc(Br)cc2Br)N1c1ccccc1. The van der Waals surface area contributed by atoms with Crippen LogP contribution in [0.15, 0.2) is 56.5 Å². The van der Waals surface area contributed by atoms with Crippen LogP contribution in [0.1, 0.15) is 11.7 Å². The molecule has 0 amide bonds. The van der Waals surface area contributed by atoms with Crippen molar-refractivity contribution < 1.29 is 0 Å². The molecule has 20 heavy (non-hydrogen) atoms. The van der Waals surface area contributed by atoms with Gasteiger partial charge in [0.25, 0.3) is 0 Å². The summed E-state index contributed by atoms with van der Waals surface area (Å²) in [7, 11) is 0. The predicted octanol–water partition coefficient (Wildman–Crippen LogP) is 3.48. The van der Waals surface area contributed by atoms with Gasteiger partial charge in [0.2, 0.25) is 0 Å². The molecule has 102 valence electrons. The summed E-state index contributed by atoms with van der Waals surface area (Å²) in [5.41, 5.74) is 8.00. The van der Waals surface area contributed by atoms with Crippen molar-refractivity contribution in [1.82, 2.24) is 4.98 Å². The molecule has 0 bridgehead atoms. The molecule has 0 saturated carbocycles. The molecule has 1 aromatic heterocycles. The summed E-state index contributed by atoms with van der Waals surface area (Å²) in [5.74, 6) is 0.526. The van der Waals surface area contributed by atoms with Crippen molar-refractivity contribution in [2.75, 3.05) is 11.4 Å². The van der Waals surface area contributed by atoms with Crippen LogP contribution in [-0.2, 0) is 0 Å². The predicted molar refractivity (Wildman–Crippen MR) is 87.8 cm³/mol. The number of aliphatic imine (C=N–C) groups is 1. The minimum Gasteiger partial charge on any atom is -0.369 e. The van der Waals surface area contributed by atoms with Gasteiger partial charge >= 0.3 is 0 Å². The molecule has 3 rings (SSSR count). The van der Waals surface area contributed by atoms with Gasteiger partial charge in [0.05, 0.1) is 18.3 Å². The number of nitrogens with two attached hydrogens (primary N) is 1. The van der Waals surface area contributed by atoms with Crippen molar-refractivity contribution in [1.29, 1.82) is 0 Å². The molecule has 0 radical (unpaired) electrons. The summed E-state index contributed by atoms with van der Waals surface area (Å²) >= 11 is 6.98. The van der Waals surface area contributed by atoms with Crippen LogP contribution < -0.4 is 10.6 Å². The van der Waals surface area contributed by atoms with Gasteiger partial charge in [-0.15, -0.1) is 0 Å². The molecule has 1 aromatic carbocycles. The third-order valence-corrected chi connectivity index (χ3v) is 4.24. The Morgan fingerprint density at radius 2 is 1.95 bits per heavy atom. The fourth-order valence-electron chi connectivity index (χ4n) is 2.28. The molecule has 2 N–H and O–H groups in total. The van der Waals surface area contributed by atoms with Crippen LogP contribution in [0.5, 0.6) is 0 Å². The molecule has 2 aromatic rings. The highest BCUT2D eigenvalue weighted by Gasteiger charge is 2.31. The molecule has 1 aliphatic heterocycles. The molecule has 0 fully saturated rings. The summed E-state index contributed by atoms with van der Waals surface area (Å²) in [6.07, 6.45) is 1.79. The first-order valence-corrected chi connectivity index (χ1v) is 7.70. The highest BCUT2D eigenvalue weighted by Crippen LogP contribution is 2.34. The zero-order valence-corrected chi connectivity index (χ0v) is 13.7. The number of para-hydroxylation sites is 1. The second-order valence-corrected chi connectivity index (χ2v) is 6.21. The van der Waals surface area contributed by atoms with Crippen molar-refractivity contribution in [2.24, 2.45) is 10.7 Å². The number of pyridine rings is 1. The lowest BCUT2D eigenvalue weighted by atomic mass is 10.1. The van der Waals surface area contributed by atoms with Crippen LogP contribution in [-0.4, -0.2) is 17.5 Å². The maximum absolute atomic E-state index is 6.04. The zero-order valence-electron chi connectivity index (χ0n) is 10.5. The number of guanidine groups is 1. The number of nitrogens with zero attached hydrogens (tertiary/aromatic N) is 3. The molecular formula is C14H12Br2N4. The van der Waals surface area contributed by atoms with E-state index in [1.54, 1.807) is 6.20 Å². The minimum absolute atomic E-state index is 0.0138. The van der Waals surface area contributed by atoms with E-state index >= 15 is 0 Å². The number of aromatic nitrogens is 1. The third kappa shape index (κ3) is 2.45. The number of rotatable bonds is 2. The number of hydrogen-bond donors (Lipinski definition) is 1. The van der Waals surface area contributed by atoms with Crippen molar-refractivity contribution in [2.45, 2.75) is 6.04 Å². The van der Waals surface area contributed by atoms with Gasteiger partial charge in [-0.05, 0) is 50.1 Å². The maximum Gasteiger partial charge on any atom is 0.196 e. The van der Waals surface area contributed by atoms with Crippen LogP contribution in [0.3, 0.4) is 0 Å². The van der Waals surface area contributed by atoms with E-state index in [4.69, 9.17) is 5.73 Å². The van der Waals surface area contributed by atoms with Crippen LogP contribution in [0.4, 0.5) is 5.69 Å². The van der Waals surface area contributed by atoms with Crippen molar-refractivity contribution in [3.63, 3.8) is 0 Å². The molecule has 0 aliphatic carbocycles. The topological polar surface area (TPSA) is 54.5 Å². The molecule has 1 atom stereocenters. The van der Waals surface area contributed by atoms with Gasteiger partial charge in [-0.1, -0.05) is 18.2 Å². The van der Waals surface area contributed by atoms with Gasteiger partial charge in [-0.2, -0.15) is 0 Å². The molecule has 4 nitrogen and oxygen atoms in total.